The second-order valence-electron chi connectivity index (χ2n) is 3.23. The van der Waals surface area contributed by atoms with E-state index in [0.717, 1.165) is 12.1 Å². The van der Waals surface area contributed by atoms with Crippen LogP contribution < -0.4 is 10.5 Å². The number of nitrogens with two attached hydrogens (primary N) is 1. The second-order valence-corrected chi connectivity index (χ2v) is 3.23. The molecule has 2 aromatic rings. The van der Waals surface area contributed by atoms with Crippen LogP contribution in [0.15, 0.2) is 30.6 Å². The quantitative estimate of drug-likeness (QED) is 0.886. The zero-order valence-corrected chi connectivity index (χ0v) is 8.73. The molecular formula is C11H9F2N3O. The summed E-state index contributed by atoms with van der Waals surface area (Å²) < 4.78 is 30.7. The first kappa shape index (κ1) is 11.4. The molecule has 0 fully saturated rings. The Bertz CT molecular complexity index is 517. The van der Waals surface area contributed by atoms with Crippen molar-refractivity contribution in [2.75, 3.05) is 0 Å². The van der Waals surface area contributed by atoms with Gasteiger partial charge in [0, 0.05) is 12.6 Å². The highest BCUT2D eigenvalue weighted by atomic mass is 19.2. The maximum absolute atomic E-state index is 12.9. The van der Waals surface area contributed by atoms with Crippen molar-refractivity contribution in [3.8, 4) is 11.6 Å². The number of hydrogen-bond donors (Lipinski definition) is 1. The Hall–Kier alpha value is -2.08. The van der Waals surface area contributed by atoms with Crippen molar-refractivity contribution in [3.05, 3.63) is 47.9 Å². The molecule has 0 aliphatic carbocycles. The van der Waals surface area contributed by atoms with E-state index < -0.39 is 11.6 Å². The number of aromatic nitrogens is 2. The number of hydrogen-bond acceptors (Lipinski definition) is 4. The van der Waals surface area contributed by atoms with Gasteiger partial charge >= 0.3 is 0 Å². The summed E-state index contributed by atoms with van der Waals surface area (Å²) in [5.74, 6) is -1.57. The molecule has 88 valence electrons. The van der Waals surface area contributed by atoms with Crippen LogP contribution in [0.2, 0.25) is 0 Å². The van der Waals surface area contributed by atoms with Gasteiger partial charge in [0.2, 0.25) is 5.88 Å². The van der Waals surface area contributed by atoms with Gasteiger partial charge in [-0.3, -0.25) is 4.98 Å². The average molecular weight is 237 g/mol. The number of rotatable bonds is 3. The molecule has 0 saturated carbocycles. The molecule has 0 spiro atoms. The highest BCUT2D eigenvalue weighted by molar-refractivity contribution is 5.27. The molecule has 0 radical (unpaired) electrons. The molecule has 1 aromatic carbocycles. The van der Waals surface area contributed by atoms with Gasteiger partial charge in [0.05, 0.1) is 18.1 Å². The summed E-state index contributed by atoms with van der Waals surface area (Å²) in [6, 6.07) is 3.22. The fraction of sp³-hybridized carbons (Fsp3) is 0.0909. The average Bonchev–Trinajstić information content (AvgIpc) is 2.35. The van der Waals surface area contributed by atoms with E-state index in [1.165, 1.54) is 18.5 Å². The van der Waals surface area contributed by atoms with E-state index in [1.54, 1.807) is 0 Å². The lowest BCUT2D eigenvalue weighted by atomic mass is 10.3. The normalized spacial score (nSPS) is 10.3. The third kappa shape index (κ3) is 2.73. The zero-order valence-electron chi connectivity index (χ0n) is 8.73. The van der Waals surface area contributed by atoms with Crippen molar-refractivity contribution in [1.29, 1.82) is 0 Å². The Labute approximate surface area is 96.1 Å². The predicted octanol–water partition coefficient (Wildman–Crippen LogP) is 2.01. The minimum Gasteiger partial charge on any atom is -0.437 e. The molecule has 2 N–H and O–H groups in total. The van der Waals surface area contributed by atoms with Crippen LogP contribution in [0.1, 0.15) is 5.69 Å². The predicted molar refractivity (Wildman–Crippen MR) is 56.4 cm³/mol. The molecule has 0 bridgehead atoms. The van der Waals surface area contributed by atoms with Gasteiger partial charge in [-0.05, 0) is 12.1 Å². The molecular weight excluding hydrogens is 228 g/mol. The molecule has 2 rings (SSSR count). The van der Waals surface area contributed by atoms with Crippen molar-refractivity contribution >= 4 is 0 Å². The van der Waals surface area contributed by atoms with Crippen LogP contribution in [-0.2, 0) is 6.54 Å². The van der Waals surface area contributed by atoms with Crippen LogP contribution in [-0.4, -0.2) is 9.97 Å². The molecule has 0 aliphatic heterocycles. The first-order valence-electron chi connectivity index (χ1n) is 4.83. The number of nitrogens with zero attached hydrogens (tertiary/aromatic N) is 2. The molecule has 0 unspecified atom stereocenters. The minimum absolute atomic E-state index is 0.152. The van der Waals surface area contributed by atoms with Gasteiger partial charge in [-0.25, -0.2) is 13.8 Å². The van der Waals surface area contributed by atoms with Crippen LogP contribution in [0.3, 0.4) is 0 Å². The maximum Gasteiger partial charge on any atom is 0.237 e. The van der Waals surface area contributed by atoms with E-state index >= 15 is 0 Å². The molecule has 1 aromatic heterocycles. The van der Waals surface area contributed by atoms with Gasteiger partial charge in [-0.2, -0.15) is 0 Å². The van der Waals surface area contributed by atoms with Gasteiger partial charge in [0.15, 0.2) is 11.6 Å². The highest BCUT2D eigenvalue weighted by Crippen LogP contribution is 2.20. The number of ether oxygens (including phenoxy) is 1. The Morgan fingerprint density at radius 1 is 1.12 bits per heavy atom. The second kappa shape index (κ2) is 4.84. The first-order chi connectivity index (χ1) is 8.19. The molecule has 6 heteroatoms. The van der Waals surface area contributed by atoms with E-state index in [9.17, 15) is 8.78 Å². The van der Waals surface area contributed by atoms with Crippen LogP contribution in [0, 0.1) is 11.6 Å². The lowest BCUT2D eigenvalue weighted by Crippen LogP contribution is -2.00. The smallest absolute Gasteiger partial charge is 0.237 e. The van der Waals surface area contributed by atoms with Gasteiger partial charge in [0.25, 0.3) is 0 Å². The van der Waals surface area contributed by atoms with Crippen molar-refractivity contribution in [2.24, 2.45) is 5.73 Å². The summed E-state index contributed by atoms with van der Waals surface area (Å²) in [5, 5.41) is 0. The molecule has 0 atom stereocenters. The lowest BCUT2D eigenvalue weighted by Gasteiger charge is -2.04. The first-order valence-corrected chi connectivity index (χ1v) is 4.83. The maximum atomic E-state index is 12.9. The van der Waals surface area contributed by atoms with Crippen LogP contribution in [0.4, 0.5) is 8.78 Å². The summed E-state index contributed by atoms with van der Waals surface area (Å²) in [6.45, 7) is 0.276. The Morgan fingerprint density at radius 2 is 1.94 bits per heavy atom. The third-order valence-corrected chi connectivity index (χ3v) is 2.00. The molecule has 4 nitrogen and oxygen atoms in total. The molecule has 1 heterocycles. The standard InChI is InChI=1S/C11H9F2N3O/c12-9-2-1-8(3-10(9)13)17-11-6-15-7(4-14)5-16-11/h1-3,5-6H,4,14H2. The molecule has 0 amide bonds. The van der Waals surface area contributed by atoms with E-state index in [1.807, 2.05) is 0 Å². The van der Waals surface area contributed by atoms with Crippen molar-refractivity contribution in [1.82, 2.24) is 9.97 Å². The molecule has 17 heavy (non-hydrogen) atoms. The highest BCUT2D eigenvalue weighted by Gasteiger charge is 2.05. The van der Waals surface area contributed by atoms with Crippen LogP contribution in [0.25, 0.3) is 0 Å². The number of benzene rings is 1. The summed E-state index contributed by atoms with van der Waals surface area (Å²) >= 11 is 0. The molecule has 0 saturated heterocycles. The topological polar surface area (TPSA) is 61.0 Å². The Kier molecular flexibility index (Phi) is 3.24. The van der Waals surface area contributed by atoms with E-state index in [4.69, 9.17) is 10.5 Å². The SMILES string of the molecule is NCc1cnc(Oc2ccc(F)c(F)c2)cn1. The van der Waals surface area contributed by atoms with Crippen molar-refractivity contribution < 1.29 is 13.5 Å². The summed E-state index contributed by atoms with van der Waals surface area (Å²) in [4.78, 5) is 7.87. The fourth-order valence-corrected chi connectivity index (χ4v) is 1.16. The lowest BCUT2D eigenvalue weighted by molar-refractivity contribution is 0.445. The number of halogens is 2. The van der Waals surface area contributed by atoms with E-state index in [-0.39, 0.29) is 18.2 Å². The van der Waals surface area contributed by atoms with Gasteiger partial charge in [0.1, 0.15) is 5.75 Å². The third-order valence-electron chi connectivity index (χ3n) is 2.00. The van der Waals surface area contributed by atoms with E-state index in [0.29, 0.717) is 5.69 Å². The largest absolute Gasteiger partial charge is 0.437 e. The van der Waals surface area contributed by atoms with Gasteiger partial charge < -0.3 is 10.5 Å². The molecule has 0 aliphatic rings. The Morgan fingerprint density at radius 3 is 2.53 bits per heavy atom. The monoisotopic (exact) mass is 237 g/mol. The van der Waals surface area contributed by atoms with Crippen molar-refractivity contribution in [2.45, 2.75) is 6.54 Å². The fourth-order valence-electron chi connectivity index (χ4n) is 1.16. The summed E-state index contributed by atoms with van der Waals surface area (Å²) in [5.41, 5.74) is 5.97. The Balaban J connectivity index is 2.16. The van der Waals surface area contributed by atoms with Gasteiger partial charge in [-0.1, -0.05) is 0 Å². The summed E-state index contributed by atoms with van der Waals surface area (Å²) in [7, 11) is 0. The minimum atomic E-state index is -0.978. The zero-order chi connectivity index (χ0) is 12.3. The van der Waals surface area contributed by atoms with Crippen LogP contribution in [0.5, 0.6) is 11.6 Å². The van der Waals surface area contributed by atoms with Gasteiger partial charge in [-0.15, -0.1) is 0 Å². The van der Waals surface area contributed by atoms with Crippen LogP contribution >= 0.6 is 0 Å². The summed E-state index contributed by atoms with van der Waals surface area (Å²) in [6.07, 6.45) is 2.82. The van der Waals surface area contributed by atoms with E-state index in [2.05, 4.69) is 9.97 Å². The van der Waals surface area contributed by atoms with Crippen molar-refractivity contribution in [3.63, 3.8) is 0 Å².